The van der Waals surface area contributed by atoms with Crippen molar-refractivity contribution in [2.24, 2.45) is 5.41 Å². The molecule has 13 heavy (non-hydrogen) atoms. The quantitative estimate of drug-likeness (QED) is 0.696. The van der Waals surface area contributed by atoms with Crippen LogP contribution in [0.1, 0.15) is 40.5 Å². The van der Waals surface area contributed by atoms with E-state index in [-0.39, 0.29) is 0 Å². The van der Waals surface area contributed by atoms with Crippen molar-refractivity contribution in [3.05, 3.63) is 0 Å². The highest BCUT2D eigenvalue weighted by molar-refractivity contribution is 4.90. The molecule has 0 radical (unpaired) electrons. The molecule has 1 rings (SSSR count). The van der Waals surface area contributed by atoms with Crippen LogP contribution in [0.2, 0.25) is 0 Å². The van der Waals surface area contributed by atoms with Crippen LogP contribution in [0.5, 0.6) is 0 Å². The van der Waals surface area contributed by atoms with Crippen molar-refractivity contribution in [2.75, 3.05) is 13.1 Å². The lowest BCUT2D eigenvalue weighted by molar-refractivity contribution is 0.295. The summed E-state index contributed by atoms with van der Waals surface area (Å²) in [6, 6.07) is 1.32. The summed E-state index contributed by atoms with van der Waals surface area (Å²) < 4.78 is 0. The molecular formula is C11H24N2. The number of hydrogen-bond acceptors (Lipinski definition) is 2. The first kappa shape index (κ1) is 11.0. The van der Waals surface area contributed by atoms with Gasteiger partial charge in [-0.1, -0.05) is 27.7 Å². The second-order valence-electron chi connectivity index (χ2n) is 5.14. The zero-order chi connectivity index (χ0) is 9.90. The fourth-order valence-corrected chi connectivity index (χ4v) is 2.03. The summed E-state index contributed by atoms with van der Waals surface area (Å²) in [6.45, 7) is 11.5. The van der Waals surface area contributed by atoms with Crippen molar-refractivity contribution in [3.8, 4) is 0 Å². The van der Waals surface area contributed by atoms with Gasteiger partial charge in [0.05, 0.1) is 0 Å². The van der Waals surface area contributed by atoms with Gasteiger partial charge in [-0.05, 0) is 31.3 Å². The van der Waals surface area contributed by atoms with Gasteiger partial charge >= 0.3 is 0 Å². The van der Waals surface area contributed by atoms with Crippen LogP contribution in [-0.2, 0) is 0 Å². The third-order valence-electron chi connectivity index (χ3n) is 3.09. The molecule has 0 aliphatic carbocycles. The monoisotopic (exact) mass is 184 g/mol. The Hall–Kier alpha value is -0.0800. The van der Waals surface area contributed by atoms with Crippen molar-refractivity contribution in [1.82, 2.24) is 10.6 Å². The molecule has 0 aromatic rings. The van der Waals surface area contributed by atoms with Gasteiger partial charge in [0.25, 0.3) is 0 Å². The maximum Gasteiger partial charge on any atom is 0.0131 e. The van der Waals surface area contributed by atoms with E-state index in [1.807, 2.05) is 0 Å². The first-order chi connectivity index (χ1) is 6.02. The topological polar surface area (TPSA) is 24.1 Å². The van der Waals surface area contributed by atoms with E-state index >= 15 is 0 Å². The molecule has 0 aromatic heterocycles. The van der Waals surface area contributed by atoms with Crippen LogP contribution in [0.25, 0.3) is 0 Å². The largest absolute Gasteiger partial charge is 0.314 e. The third kappa shape index (κ3) is 3.28. The molecule has 0 spiro atoms. The number of hydrogen-bond donors (Lipinski definition) is 2. The molecule has 0 aromatic carbocycles. The predicted molar refractivity (Wildman–Crippen MR) is 57.9 cm³/mol. The van der Waals surface area contributed by atoms with Crippen LogP contribution in [-0.4, -0.2) is 25.2 Å². The number of rotatable bonds is 4. The van der Waals surface area contributed by atoms with Gasteiger partial charge in [0.1, 0.15) is 0 Å². The minimum Gasteiger partial charge on any atom is -0.314 e. The smallest absolute Gasteiger partial charge is 0.0131 e. The summed E-state index contributed by atoms with van der Waals surface area (Å²) in [7, 11) is 0. The fraction of sp³-hybridized carbons (Fsp3) is 1.00. The Bertz CT molecular complexity index is 152. The van der Waals surface area contributed by atoms with Gasteiger partial charge in [-0.25, -0.2) is 0 Å². The van der Waals surface area contributed by atoms with E-state index in [9.17, 15) is 0 Å². The van der Waals surface area contributed by atoms with Gasteiger partial charge in [-0.3, -0.25) is 0 Å². The summed E-state index contributed by atoms with van der Waals surface area (Å²) in [5, 5.41) is 7.05. The molecule has 2 N–H and O–H groups in total. The summed E-state index contributed by atoms with van der Waals surface area (Å²) in [5.41, 5.74) is 0.499. The summed E-state index contributed by atoms with van der Waals surface area (Å²) in [5.74, 6) is 0. The summed E-state index contributed by atoms with van der Waals surface area (Å²) >= 11 is 0. The maximum atomic E-state index is 3.58. The van der Waals surface area contributed by atoms with Crippen LogP contribution in [0.4, 0.5) is 0 Å². The van der Waals surface area contributed by atoms with E-state index in [1.165, 1.54) is 19.4 Å². The summed E-state index contributed by atoms with van der Waals surface area (Å²) in [6.07, 6.45) is 2.57. The minimum atomic E-state index is 0.499. The van der Waals surface area contributed by atoms with Crippen molar-refractivity contribution in [1.29, 1.82) is 0 Å². The molecule has 1 aliphatic rings. The molecule has 1 unspecified atom stereocenters. The molecule has 1 atom stereocenters. The Morgan fingerprint density at radius 1 is 1.46 bits per heavy atom. The second-order valence-corrected chi connectivity index (χ2v) is 5.14. The first-order valence-corrected chi connectivity index (χ1v) is 5.49. The van der Waals surface area contributed by atoms with Crippen molar-refractivity contribution >= 4 is 0 Å². The molecule has 1 fully saturated rings. The average molecular weight is 184 g/mol. The Labute approximate surface area is 82.5 Å². The van der Waals surface area contributed by atoms with Crippen LogP contribution in [0.15, 0.2) is 0 Å². The highest BCUT2D eigenvalue weighted by Gasteiger charge is 2.33. The molecule has 78 valence electrons. The Morgan fingerprint density at radius 3 is 2.62 bits per heavy atom. The Morgan fingerprint density at radius 2 is 2.15 bits per heavy atom. The van der Waals surface area contributed by atoms with E-state index in [1.54, 1.807) is 0 Å². The lowest BCUT2D eigenvalue weighted by Gasteiger charge is -2.26. The fourth-order valence-electron chi connectivity index (χ4n) is 2.03. The standard InChI is InChI=1S/C11H24N2/c1-9(2)12-7-5-10-11(3,4)6-8-13-10/h9-10,12-13H,5-8H2,1-4H3. The van der Waals surface area contributed by atoms with Gasteiger partial charge in [-0.15, -0.1) is 0 Å². The van der Waals surface area contributed by atoms with E-state index in [0.717, 1.165) is 6.54 Å². The molecule has 1 heterocycles. The van der Waals surface area contributed by atoms with Gasteiger partial charge in [-0.2, -0.15) is 0 Å². The van der Waals surface area contributed by atoms with E-state index in [2.05, 4.69) is 38.3 Å². The predicted octanol–water partition coefficient (Wildman–Crippen LogP) is 1.76. The van der Waals surface area contributed by atoms with Gasteiger partial charge in [0, 0.05) is 12.1 Å². The Balaban J connectivity index is 2.21. The van der Waals surface area contributed by atoms with Crippen LogP contribution in [0.3, 0.4) is 0 Å². The second kappa shape index (κ2) is 4.43. The zero-order valence-corrected chi connectivity index (χ0v) is 9.48. The molecule has 2 heteroatoms. The van der Waals surface area contributed by atoms with Crippen LogP contribution >= 0.6 is 0 Å². The van der Waals surface area contributed by atoms with Gasteiger partial charge < -0.3 is 10.6 Å². The Kier molecular flexibility index (Phi) is 3.74. The summed E-state index contributed by atoms with van der Waals surface area (Å²) in [4.78, 5) is 0. The zero-order valence-electron chi connectivity index (χ0n) is 9.48. The van der Waals surface area contributed by atoms with Crippen LogP contribution < -0.4 is 10.6 Å². The SMILES string of the molecule is CC(C)NCCC1NCCC1(C)C. The maximum absolute atomic E-state index is 3.58. The van der Waals surface area contributed by atoms with E-state index < -0.39 is 0 Å². The van der Waals surface area contributed by atoms with Crippen molar-refractivity contribution in [2.45, 2.75) is 52.6 Å². The molecule has 0 bridgehead atoms. The van der Waals surface area contributed by atoms with Crippen LogP contribution in [0, 0.1) is 5.41 Å². The average Bonchev–Trinajstić information content (AvgIpc) is 2.30. The normalized spacial score (nSPS) is 27.0. The van der Waals surface area contributed by atoms with E-state index in [0.29, 0.717) is 17.5 Å². The minimum absolute atomic E-state index is 0.499. The van der Waals surface area contributed by atoms with Crippen molar-refractivity contribution < 1.29 is 0 Å². The first-order valence-electron chi connectivity index (χ1n) is 5.49. The molecule has 1 saturated heterocycles. The highest BCUT2D eigenvalue weighted by Crippen LogP contribution is 2.31. The molecule has 1 aliphatic heterocycles. The highest BCUT2D eigenvalue weighted by atomic mass is 15.0. The van der Waals surface area contributed by atoms with Gasteiger partial charge in [0.15, 0.2) is 0 Å². The number of nitrogens with one attached hydrogen (secondary N) is 2. The lowest BCUT2D eigenvalue weighted by atomic mass is 9.83. The molecule has 0 amide bonds. The lowest BCUT2D eigenvalue weighted by Crippen LogP contribution is -2.36. The molecule has 2 nitrogen and oxygen atoms in total. The van der Waals surface area contributed by atoms with Gasteiger partial charge in [0.2, 0.25) is 0 Å². The van der Waals surface area contributed by atoms with Crippen molar-refractivity contribution in [3.63, 3.8) is 0 Å². The molecular weight excluding hydrogens is 160 g/mol. The third-order valence-corrected chi connectivity index (χ3v) is 3.09. The molecule has 0 saturated carbocycles. The van der Waals surface area contributed by atoms with E-state index in [4.69, 9.17) is 0 Å².